The van der Waals surface area contributed by atoms with Crippen LogP contribution in [0.2, 0.25) is 0 Å². The molecule has 7 heteroatoms. The fourth-order valence-electron chi connectivity index (χ4n) is 2.44. The van der Waals surface area contributed by atoms with Gasteiger partial charge in [-0.1, -0.05) is 30.8 Å². The van der Waals surface area contributed by atoms with Crippen LogP contribution in [0.25, 0.3) is 16.7 Å². The van der Waals surface area contributed by atoms with Gasteiger partial charge < -0.3 is 0 Å². The second kappa shape index (κ2) is 7.36. The molecule has 0 aliphatic heterocycles. The molecule has 25 heavy (non-hydrogen) atoms. The van der Waals surface area contributed by atoms with Crippen molar-refractivity contribution in [3.63, 3.8) is 0 Å². The highest BCUT2D eigenvalue weighted by Gasteiger charge is 2.09. The number of aryl methyl sites for hydroxylation is 2. The van der Waals surface area contributed by atoms with Crippen LogP contribution in [0.1, 0.15) is 18.1 Å². The van der Waals surface area contributed by atoms with Crippen LogP contribution in [0, 0.1) is 18.4 Å². The second-order valence-corrected chi connectivity index (χ2v) is 6.29. The fourth-order valence-corrected chi connectivity index (χ4v) is 2.78. The van der Waals surface area contributed by atoms with Crippen LogP contribution in [0.5, 0.6) is 0 Å². The van der Waals surface area contributed by atoms with Crippen molar-refractivity contribution in [2.75, 3.05) is 6.26 Å². The lowest BCUT2D eigenvalue weighted by Crippen LogP contribution is -2.12. The molecule has 0 spiro atoms. The summed E-state index contributed by atoms with van der Waals surface area (Å²) in [5.41, 5.74) is 5.53. The molecule has 6 nitrogen and oxygen atoms in total. The summed E-state index contributed by atoms with van der Waals surface area (Å²) in [6.45, 7) is 4.10. The third kappa shape index (κ3) is 3.64. The van der Waals surface area contributed by atoms with Gasteiger partial charge in [0.15, 0.2) is 11.4 Å². The van der Waals surface area contributed by atoms with Gasteiger partial charge in [0, 0.05) is 0 Å². The van der Waals surface area contributed by atoms with Crippen molar-refractivity contribution >= 4 is 33.7 Å². The first-order valence-corrected chi connectivity index (χ1v) is 9.12. The lowest BCUT2D eigenvalue weighted by atomic mass is 10.2. The van der Waals surface area contributed by atoms with Gasteiger partial charge in [0.1, 0.15) is 11.0 Å². The van der Waals surface area contributed by atoms with Crippen molar-refractivity contribution in [2.24, 2.45) is 4.99 Å². The molecule has 3 rings (SSSR count). The van der Waals surface area contributed by atoms with Crippen LogP contribution in [-0.4, -0.2) is 26.4 Å². The molecule has 126 valence electrons. The van der Waals surface area contributed by atoms with Crippen molar-refractivity contribution in [1.29, 1.82) is 5.26 Å². The molecule has 0 atom stereocenters. The Kier molecular flexibility index (Phi) is 5.00. The highest BCUT2D eigenvalue weighted by atomic mass is 32.2. The van der Waals surface area contributed by atoms with Crippen LogP contribution in [0.4, 0.5) is 5.69 Å². The summed E-state index contributed by atoms with van der Waals surface area (Å²) in [7, 11) is 0. The topological polar surface area (TPSA) is 78.9 Å². The van der Waals surface area contributed by atoms with Crippen molar-refractivity contribution in [3.05, 3.63) is 47.5 Å². The first-order valence-electron chi connectivity index (χ1n) is 7.89. The van der Waals surface area contributed by atoms with E-state index in [0.717, 1.165) is 34.4 Å². The quantitative estimate of drug-likeness (QED) is 0.337. The minimum Gasteiger partial charge on any atom is -0.271 e. The molecule has 0 amide bonds. The number of hydrogen-bond acceptors (Lipinski definition) is 5. The standard InChI is InChI=1S/C18H18N6S/c1-4-13-5-7-14(8-6-13)24-22-16-9-12(2)15(10-17(16)23-24)21-18(25-3)20-11-19/h5-10H,4H2,1-3H3,(H,20,21). The van der Waals surface area contributed by atoms with E-state index in [4.69, 9.17) is 5.26 Å². The zero-order valence-electron chi connectivity index (χ0n) is 14.3. The molecule has 0 unspecified atom stereocenters. The Labute approximate surface area is 150 Å². The summed E-state index contributed by atoms with van der Waals surface area (Å²) in [6, 6.07) is 12.1. The maximum Gasteiger partial charge on any atom is 0.183 e. The van der Waals surface area contributed by atoms with Gasteiger partial charge >= 0.3 is 0 Å². The van der Waals surface area contributed by atoms with Crippen molar-refractivity contribution in [3.8, 4) is 11.9 Å². The number of nitrogens with one attached hydrogen (secondary N) is 1. The van der Waals surface area contributed by atoms with Gasteiger partial charge in [0.25, 0.3) is 0 Å². The van der Waals surface area contributed by atoms with Gasteiger partial charge in [0.2, 0.25) is 0 Å². The van der Waals surface area contributed by atoms with E-state index in [9.17, 15) is 0 Å². The molecule has 2 aromatic carbocycles. The third-order valence-electron chi connectivity index (χ3n) is 3.85. The van der Waals surface area contributed by atoms with E-state index in [1.807, 2.05) is 43.6 Å². The summed E-state index contributed by atoms with van der Waals surface area (Å²) >= 11 is 1.38. The molecule has 1 heterocycles. The van der Waals surface area contributed by atoms with E-state index in [2.05, 4.69) is 39.6 Å². The average Bonchev–Trinajstić information content (AvgIpc) is 3.04. The molecular weight excluding hydrogens is 332 g/mol. The van der Waals surface area contributed by atoms with Gasteiger partial charge in [-0.05, 0) is 55.0 Å². The summed E-state index contributed by atoms with van der Waals surface area (Å²) in [6.07, 6.45) is 4.77. The molecule has 0 saturated carbocycles. The van der Waals surface area contributed by atoms with Crippen molar-refractivity contribution in [2.45, 2.75) is 20.3 Å². The molecule has 0 aliphatic carbocycles. The molecule has 1 aromatic heterocycles. The SMILES string of the molecule is CCc1ccc(-n2nc3cc(C)c(N=C(NC#N)SC)cc3n2)cc1. The Morgan fingerprint density at radius 3 is 2.52 bits per heavy atom. The number of nitriles is 1. The van der Waals surface area contributed by atoms with E-state index < -0.39 is 0 Å². The smallest absolute Gasteiger partial charge is 0.183 e. The maximum absolute atomic E-state index is 8.77. The van der Waals surface area contributed by atoms with E-state index >= 15 is 0 Å². The molecule has 0 fully saturated rings. The zero-order chi connectivity index (χ0) is 17.8. The number of amidine groups is 1. The molecule has 1 N–H and O–H groups in total. The Balaban J connectivity index is 2.02. The van der Waals surface area contributed by atoms with E-state index in [-0.39, 0.29) is 0 Å². The number of benzene rings is 2. The molecule has 0 saturated heterocycles. The number of aliphatic imine (C=N–C) groups is 1. The zero-order valence-corrected chi connectivity index (χ0v) is 15.1. The van der Waals surface area contributed by atoms with E-state index in [0.29, 0.717) is 5.17 Å². The normalized spacial score (nSPS) is 11.5. The number of fused-ring (bicyclic) bond motifs is 1. The Hall–Kier alpha value is -2.85. The predicted octanol–water partition coefficient (Wildman–Crippen LogP) is 3.71. The highest BCUT2D eigenvalue weighted by Crippen LogP contribution is 2.25. The van der Waals surface area contributed by atoms with Crippen LogP contribution in [0.3, 0.4) is 0 Å². The molecule has 3 aromatic rings. The van der Waals surface area contributed by atoms with E-state index in [1.54, 1.807) is 4.80 Å². The summed E-state index contributed by atoms with van der Waals surface area (Å²) in [5.74, 6) is 0. The third-order valence-corrected chi connectivity index (χ3v) is 4.43. The predicted molar refractivity (Wildman–Crippen MR) is 102 cm³/mol. The maximum atomic E-state index is 8.77. The summed E-state index contributed by atoms with van der Waals surface area (Å²) in [4.78, 5) is 6.13. The highest BCUT2D eigenvalue weighted by molar-refractivity contribution is 8.13. The van der Waals surface area contributed by atoms with Crippen LogP contribution in [0.15, 0.2) is 41.4 Å². The average molecular weight is 350 g/mol. The number of aromatic nitrogens is 3. The van der Waals surface area contributed by atoms with E-state index in [1.165, 1.54) is 17.3 Å². The number of nitrogens with zero attached hydrogens (tertiary/aromatic N) is 5. The summed E-state index contributed by atoms with van der Waals surface area (Å²) in [5, 5.41) is 21.0. The number of rotatable bonds is 3. The Morgan fingerprint density at radius 1 is 1.24 bits per heavy atom. The van der Waals surface area contributed by atoms with Gasteiger partial charge in [-0.2, -0.15) is 10.1 Å². The monoisotopic (exact) mass is 350 g/mol. The lowest BCUT2D eigenvalue weighted by molar-refractivity contribution is 0.765. The van der Waals surface area contributed by atoms with Gasteiger partial charge in [-0.25, -0.2) is 4.99 Å². The molecule has 0 bridgehead atoms. The van der Waals surface area contributed by atoms with Crippen molar-refractivity contribution < 1.29 is 0 Å². The fraction of sp³-hybridized carbons (Fsp3) is 0.222. The molecule has 0 aliphatic rings. The lowest BCUT2D eigenvalue weighted by Gasteiger charge is -2.02. The molecule has 0 radical (unpaired) electrons. The van der Waals surface area contributed by atoms with Gasteiger partial charge in [0.05, 0.1) is 11.4 Å². The van der Waals surface area contributed by atoms with Crippen LogP contribution >= 0.6 is 11.8 Å². The first-order chi connectivity index (χ1) is 12.1. The van der Waals surface area contributed by atoms with Crippen molar-refractivity contribution in [1.82, 2.24) is 20.3 Å². The first kappa shape index (κ1) is 17.0. The Bertz CT molecular complexity index is 966. The Morgan fingerprint density at radius 2 is 1.92 bits per heavy atom. The minimum atomic E-state index is 0.549. The largest absolute Gasteiger partial charge is 0.271 e. The summed E-state index contributed by atoms with van der Waals surface area (Å²) < 4.78 is 0. The minimum absolute atomic E-state index is 0.549. The van der Waals surface area contributed by atoms with Gasteiger partial charge in [-0.3, -0.25) is 5.32 Å². The van der Waals surface area contributed by atoms with Gasteiger partial charge in [-0.15, -0.1) is 10.2 Å². The molecular formula is C18H18N6S. The van der Waals surface area contributed by atoms with Crippen LogP contribution in [-0.2, 0) is 6.42 Å². The second-order valence-electron chi connectivity index (χ2n) is 5.49. The van der Waals surface area contributed by atoms with Crippen LogP contribution < -0.4 is 5.32 Å². The number of thioether (sulfide) groups is 1. The number of hydrogen-bond donors (Lipinski definition) is 1.